The van der Waals surface area contributed by atoms with Crippen LogP contribution in [-0.2, 0) is 11.2 Å². The molecule has 0 aromatic heterocycles. The second-order valence-corrected chi connectivity index (χ2v) is 4.39. The van der Waals surface area contributed by atoms with Crippen LogP contribution < -0.4 is 5.32 Å². The molecule has 1 saturated heterocycles. The van der Waals surface area contributed by atoms with Crippen molar-refractivity contribution in [2.24, 2.45) is 0 Å². The molecule has 1 aromatic carbocycles. The molecule has 0 aliphatic carbocycles. The third-order valence-corrected chi connectivity index (χ3v) is 2.63. The molecule has 3 heteroatoms. The van der Waals surface area contributed by atoms with Gasteiger partial charge in [-0.2, -0.15) is 0 Å². The number of hydrogen-bond donors (Lipinski definition) is 1. The average molecular weight is 209 g/mol. The van der Waals surface area contributed by atoms with Gasteiger partial charge in [-0.25, -0.2) is 4.39 Å². The van der Waals surface area contributed by atoms with E-state index in [4.69, 9.17) is 4.74 Å². The Hall–Kier alpha value is -0.930. The molecule has 1 heterocycles. The first kappa shape index (κ1) is 10.6. The first-order valence-corrected chi connectivity index (χ1v) is 5.23. The highest BCUT2D eigenvalue weighted by molar-refractivity contribution is 5.18. The predicted molar refractivity (Wildman–Crippen MR) is 57.1 cm³/mol. The van der Waals surface area contributed by atoms with E-state index < -0.39 is 0 Å². The Bertz CT molecular complexity index is 355. The fraction of sp³-hybridized carbons (Fsp3) is 0.500. The van der Waals surface area contributed by atoms with Gasteiger partial charge in [0.25, 0.3) is 0 Å². The fourth-order valence-electron chi connectivity index (χ4n) is 2.05. The molecular formula is C12H16FNO. The Labute approximate surface area is 89.4 Å². The molecule has 2 nitrogen and oxygen atoms in total. The molecular weight excluding hydrogens is 193 g/mol. The van der Waals surface area contributed by atoms with Gasteiger partial charge in [0.2, 0.25) is 0 Å². The van der Waals surface area contributed by atoms with Crippen LogP contribution in [0.15, 0.2) is 24.3 Å². The molecule has 0 spiro atoms. The van der Waals surface area contributed by atoms with Gasteiger partial charge in [0.1, 0.15) is 11.5 Å². The van der Waals surface area contributed by atoms with Crippen LogP contribution in [0.5, 0.6) is 0 Å². The molecule has 0 saturated carbocycles. The molecule has 1 fully saturated rings. The van der Waals surface area contributed by atoms with Crippen molar-refractivity contribution in [3.8, 4) is 0 Å². The first-order chi connectivity index (χ1) is 7.07. The highest BCUT2D eigenvalue weighted by Crippen LogP contribution is 2.21. The van der Waals surface area contributed by atoms with Gasteiger partial charge in [0.05, 0.1) is 6.61 Å². The zero-order chi connectivity index (χ0) is 10.9. The SMILES string of the molecule is CC1COC(C)(Cc2cccc(F)c2)N1. The standard InChI is InChI=1S/C12H16FNO/c1-9-8-15-12(2,14-9)7-10-4-3-5-11(13)6-10/h3-6,9,14H,7-8H2,1-2H3. The fourth-order valence-corrected chi connectivity index (χ4v) is 2.05. The largest absolute Gasteiger partial charge is 0.359 e. The van der Waals surface area contributed by atoms with Crippen molar-refractivity contribution >= 4 is 0 Å². The molecule has 2 atom stereocenters. The van der Waals surface area contributed by atoms with E-state index in [1.54, 1.807) is 12.1 Å². The number of nitrogens with one attached hydrogen (secondary N) is 1. The minimum atomic E-state index is -0.354. The molecule has 1 aliphatic rings. The quantitative estimate of drug-likeness (QED) is 0.805. The van der Waals surface area contributed by atoms with E-state index in [0.29, 0.717) is 19.1 Å². The molecule has 2 rings (SSSR count). The normalized spacial score (nSPS) is 30.7. The van der Waals surface area contributed by atoms with Crippen LogP contribution in [0.1, 0.15) is 19.4 Å². The molecule has 82 valence electrons. The van der Waals surface area contributed by atoms with Crippen molar-refractivity contribution in [2.75, 3.05) is 6.61 Å². The maximum atomic E-state index is 13.0. The summed E-state index contributed by atoms with van der Waals surface area (Å²) in [5.41, 5.74) is 0.604. The third-order valence-electron chi connectivity index (χ3n) is 2.63. The van der Waals surface area contributed by atoms with Crippen LogP contribution in [0.25, 0.3) is 0 Å². The Morgan fingerprint density at radius 1 is 1.60 bits per heavy atom. The molecule has 0 bridgehead atoms. The zero-order valence-electron chi connectivity index (χ0n) is 9.09. The number of benzene rings is 1. The van der Waals surface area contributed by atoms with Crippen LogP contribution in [0, 0.1) is 5.82 Å². The number of rotatable bonds is 2. The van der Waals surface area contributed by atoms with Crippen molar-refractivity contribution in [3.63, 3.8) is 0 Å². The van der Waals surface area contributed by atoms with Crippen molar-refractivity contribution < 1.29 is 9.13 Å². The van der Waals surface area contributed by atoms with Crippen molar-refractivity contribution in [2.45, 2.75) is 32.0 Å². The summed E-state index contributed by atoms with van der Waals surface area (Å²) in [7, 11) is 0. The lowest BCUT2D eigenvalue weighted by atomic mass is 10.0. The molecule has 1 aromatic rings. The number of hydrogen-bond acceptors (Lipinski definition) is 2. The van der Waals surface area contributed by atoms with E-state index in [-0.39, 0.29) is 11.5 Å². The van der Waals surface area contributed by atoms with Crippen molar-refractivity contribution in [1.29, 1.82) is 0 Å². The molecule has 15 heavy (non-hydrogen) atoms. The summed E-state index contributed by atoms with van der Waals surface area (Å²) in [6.07, 6.45) is 0.690. The van der Waals surface area contributed by atoms with Gasteiger partial charge >= 0.3 is 0 Å². The van der Waals surface area contributed by atoms with Crippen LogP contribution in [0.2, 0.25) is 0 Å². The van der Waals surface area contributed by atoms with E-state index in [2.05, 4.69) is 12.2 Å². The van der Waals surface area contributed by atoms with Gasteiger partial charge in [-0.1, -0.05) is 12.1 Å². The maximum Gasteiger partial charge on any atom is 0.123 e. The van der Waals surface area contributed by atoms with Gasteiger partial charge in [0.15, 0.2) is 0 Å². The van der Waals surface area contributed by atoms with Crippen molar-refractivity contribution in [1.82, 2.24) is 5.32 Å². The highest BCUT2D eigenvalue weighted by Gasteiger charge is 2.33. The Morgan fingerprint density at radius 2 is 2.40 bits per heavy atom. The summed E-state index contributed by atoms with van der Waals surface area (Å²) >= 11 is 0. The smallest absolute Gasteiger partial charge is 0.123 e. The van der Waals surface area contributed by atoms with Crippen LogP contribution in [-0.4, -0.2) is 18.4 Å². The first-order valence-electron chi connectivity index (χ1n) is 5.23. The van der Waals surface area contributed by atoms with Gasteiger partial charge in [-0.3, -0.25) is 5.32 Å². The minimum Gasteiger partial charge on any atom is -0.359 e. The highest BCUT2D eigenvalue weighted by atomic mass is 19.1. The summed E-state index contributed by atoms with van der Waals surface area (Å²) in [4.78, 5) is 0. The van der Waals surface area contributed by atoms with Crippen LogP contribution in [0.3, 0.4) is 0 Å². The second-order valence-electron chi connectivity index (χ2n) is 4.39. The predicted octanol–water partition coefficient (Wildman–Crippen LogP) is 2.09. The topological polar surface area (TPSA) is 21.3 Å². The molecule has 0 amide bonds. The maximum absolute atomic E-state index is 13.0. The van der Waals surface area contributed by atoms with Gasteiger partial charge in [0, 0.05) is 12.5 Å². The summed E-state index contributed by atoms with van der Waals surface area (Å²) in [5.74, 6) is -0.192. The van der Waals surface area contributed by atoms with Gasteiger partial charge < -0.3 is 4.74 Å². The van der Waals surface area contributed by atoms with Gasteiger partial charge in [-0.15, -0.1) is 0 Å². The molecule has 0 radical (unpaired) electrons. The van der Waals surface area contributed by atoms with Crippen LogP contribution >= 0.6 is 0 Å². The van der Waals surface area contributed by atoms with E-state index in [1.807, 2.05) is 13.0 Å². The molecule has 2 unspecified atom stereocenters. The van der Waals surface area contributed by atoms with E-state index in [9.17, 15) is 4.39 Å². The molecule has 1 N–H and O–H groups in total. The Kier molecular flexibility index (Phi) is 2.76. The van der Waals surface area contributed by atoms with Gasteiger partial charge in [-0.05, 0) is 31.5 Å². The zero-order valence-corrected chi connectivity index (χ0v) is 9.09. The Morgan fingerprint density at radius 3 is 3.00 bits per heavy atom. The number of halogens is 1. The Balaban J connectivity index is 2.08. The van der Waals surface area contributed by atoms with Crippen molar-refractivity contribution in [3.05, 3.63) is 35.6 Å². The summed E-state index contributed by atoms with van der Waals surface area (Å²) in [5, 5.41) is 3.35. The van der Waals surface area contributed by atoms with E-state index in [1.165, 1.54) is 6.07 Å². The lowest BCUT2D eigenvalue weighted by Gasteiger charge is -2.24. The second kappa shape index (κ2) is 3.91. The third kappa shape index (κ3) is 2.55. The minimum absolute atomic E-state index is 0.192. The lowest BCUT2D eigenvalue weighted by Crippen LogP contribution is -2.42. The monoisotopic (exact) mass is 209 g/mol. The van der Waals surface area contributed by atoms with E-state index >= 15 is 0 Å². The van der Waals surface area contributed by atoms with E-state index in [0.717, 1.165) is 5.56 Å². The lowest BCUT2D eigenvalue weighted by molar-refractivity contribution is 0.00686. The molecule has 1 aliphatic heterocycles. The average Bonchev–Trinajstić information content (AvgIpc) is 2.45. The summed E-state index contributed by atoms with van der Waals surface area (Å²) in [6, 6.07) is 7.02. The summed E-state index contributed by atoms with van der Waals surface area (Å²) in [6.45, 7) is 4.80. The number of ether oxygens (including phenoxy) is 1. The summed E-state index contributed by atoms with van der Waals surface area (Å²) < 4.78 is 18.6. The van der Waals surface area contributed by atoms with Crippen LogP contribution in [0.4, 0.5) is 4.39 Å².